The fourth-order valence-corrected chi connectivity index (χ4v) is 2.15. The summed E-state index contributed by atoms with van der Waals surface area (Å²) < 4.78 is 5.18. The summed E-state index contributed by atoms with van der Waals surface area (Å²) in [5.41, 5.74) is 3.12. The smallest absolute Gasteiger partial charge is 0.183 e. The zero-order valence-electron chi connectivity index (χ0n) is 11.7. The maximum atomic E-state index is 5.18. The molecule has 0 atom stereocenters. The van der Waals surface area contributed by atoms with Gasteiger partial charge in [-0.1, -0.05) is 12.1 Å². The molecule has 0 radical (unpaired) electrons. The molecule has 3 aromatic heterocycles. The van der Waals surface area contributed by atoms with Gasteiger partial charge in [0.05, 0.1) is 11.3 Å². The average Bonchev–Trinajstić information content (AvgIpc) is 2.99. The predicted octanol–water partition coefficient (Wildman–Crippen LogP) is 2.45. The monoisotopic (exact) mass is 272 g/mol. The summed E-state index contributed by atoms with van der Waals surface area (Å²) in [5.74, 6) is 2.20. The van der Waals surface area contributed by atoms with Crippen molar-refractivity contribution in [2.75, 3.05) is 11.9 Å². The molecule has 0 aromatic carbocycles. The molecule has 0 spiro atoms. The van der Waals surface area contributed by atoms with Crippen LogP contribution in [0.15, 0.2) is 10.9 Å². The summed E-state index contributed by atoms with van der Waals surface area (Å²) in [4.78, 5) is 16.2. The SMILES string of the molecule is CCCNc1ncnc2nc(-c3c(C)noc3C)[nH]c12. The topological polar surface area (TPSA) is 92.5 Å². The third-order valence-electron chi connectivity index (χ3n) is 3.10. The molecule has 0 fully saturated rings. The van der Waals surface area contributed by atoms with Crippen LogP contribution in [0.25, 0.3) is 22.6 Å². The highest BCUT2D eigenvalue weighted by Crippen LogP contribution is 2.27. The van der Waals surface area contributed by atoms with E-state index >= 15 is 0 Å². The summed E-state index contributed by atoms with van der Waals surface area (Å²) in [6, 6.07) is 0. The number of aromatic nitrogens is 5. The molecular formula is C13H16N6O. The standard InChI is InChI=1S/C13H16N6O/c1-4-5-14-12-10-13(16-6-15-12)18-11(17-10)9-7(2)19-20-8(9)3/h6H,4-5H2,1-3H3,(H2,14,15,16,17,18). The molecule has 0 unspecified atom stereocenters. The van der Waals surface area contributed by atoms with E-state index in [1.807, 2.05) is 13.8 Å². The summed E-state index contributed by atoms with van der Waals surface area (Å²) >= 11 is 0. The molecular weight excluding hydrogens is 256 g/mol. The second-order valence-corrected chi connectivity index (χ2v) is 4.63. The van der Waals surface area contributed by atoms with Crippen molar-refractivity contribution in [1.29, 1.82) is 0 Å². The quantitative estimate of drug-likeness (QED) is 0.757. The highest BCUT2D eigenvalue weighted by molar-refractivity contribution is 5.85. The minimum atomic E-state index is 0.633. The third kappa shape index (κ3) is 2.01. The number of hydrogen-bond acceptors (Lipinski definition) is 6. The molecule has 3 heterocycles. The lowest BCUT2D eigenvalue weighted by molar-refractivity contribution is 0.393. The summed E-state index contributed by atoms with van der Waals surface area (Å²) in [6.45, 7) is 6.71. The number of imidazole rings is 1. The van der Waals surface area contributed by atoms with Gasteiger partial charge in [0.15, 0.2) is 11.5 Å². The van der Waals surface area contributed by atoms with Crippen LogP contribution in [0.4, 0.5) is 5.82 Å². The minimum absolute atomic E-state index is 0.633. The lowest BCUT2D eigenvalue weighted by Crippen LogP contribution is -2.02. The van der Waals surface area contributed by atoms with E-state index in [-0.39, 0.29) is 0 Å². The highest BCUT2D eigenvalue weighted by atomic mass is 16.5. The van der Waals surface area contributed by atoms with Crippen molar-refractivity contribution in [3.63, 3.8) is 0 Å². The first-order valence-corrected chi connectivity index (χ1v) is 6.58. The number of fused-ring (bicyclic) bond motifs is 1. The van der Waals surface area contributed by atoms with Crippen molar-refractivity contribution < 1.29 is 4.52 Å². The fraction of sp³-hybridized carbons (Fsp3) is 0.385. The fourth-order valence-electron chi connectivity index (χ4n) is 2.15. The third-order valence-corrected chi connectivity index (χ3v) is 3.10. The van der Waals surface area contributed by atoms with Gasteiger partial charge < -0.3 is 14.8 Å². The molecule has 7 heteroatoms. The molecule has 0 aliphatic carbocycles. The first kappa shape index (κ1) is 12.6. The number of nitrogens with one attached hydrogen (secondary N) is 2. The van der Waals surface area contributed by atoms with Gasteiger partial charge in [-0.05, 0) is 20.3 Å². The number of aromatic amines is 1. The van der Waals surface area contributed by atoms with Crippen LogP contribution in [0.3, 0.4) is 0 Å². The Hall–Kier alpha value is -2.44. The van der Waals surface area contributed by atoms with E-state index in [2.05, 4.69) is 37.3 Å². The van der Waals surface area contributed by atoms with Crippen molar-refractivity contribution in [2.24, 2.45) is 0 Å². The number of hydrogen-bond donors (Lipinski definition) is 2. The zero-order valence-corrected chi connectivity index (χ0v) is 11.7. The van der Waals surface area contributed by atoms with Gasteiger partial charge in [0, 0.05) is 6.54 Å². The second kappa shape index (κ2) is 4.92. The molecule has 0 aliphatic heterocycles. The van der Waals surface area contributed by atoms with Crippen LogP contribution < -0.4 is 5.32 Å². The maximum Gasteiger partial charge on any atom is 0.183 e. The first-order valence-electron chi connectivity index (χ1n) is 6.58. The molecule has 0 saturated carbocycles. The molecule has 104 valence electrons. The average molecular weight is 272 g/mol. The van der Waals surface area contributed by atoms with Crippen LogP contribution in [-0.2, 0) is 0 Å². The molecule has 0 aliphatic rings. The number of H-pyrrole nitrogens is 1. The summed E-state index contributed by atoms with van der Waals surface area (Å²) in [6.07, 6.45) is 2.54. The molecule has 3 rings (SSSR count). The Morgan fingerprint density at radius 3 is 2.85 bits per heavy atom. The lowest BCUT2D eigenvalue weighted by Gasteiger charge is -2.02. The van der Waals surface area contributed by atoms with Gasteiger partial charge in [-0.25, -0.2) is 15.0 Å². The van der Waals surface area contributed by atoms with Crippen molar-refractivity contribution in [2.45, 2.75) is 27.2 Å². The Labute approximate surface area is 115 Å². The Balaban J connectivity index is 2.11. The van der Waals surface area contributed by atoms with E-state index in [1.165, 1.54) is 6.33 Å². The molecule has 0 saturated heterocycles. The number of nitrogens with zero attached hydrogens (tertiary/aromatic N) is 4. The van der Waals surface area contributed by atoms with Crippen LogP contribution in [0, 0.1) is 13.8 Å². The number of aryl methyl sites for hydroxylation is 2. The van der Waals surface area contributed by atoms with Gasteiger partial charge in [-0.2, -0.15) is 0 Å². The number of rotatable bonds is 4. The molecule has 2 N–H and O–H groups in total. The number of anilines is 1. The van der Waals surface area contributed by atoms with E-state index in [4.69, 9.17) is 4.52 Å². The molecule has 20 heavy (non-hydrogen) atoms. The molecule has 0 amide bonds. The summed E-state index contributed by atoms with van der Waals surface area (Å²) in [5, 5.41) is 7.21. The largest absolute Gasteiger partial charge is 0.368 e. The van der Waals surface area contributed by atoms with Crippen LogP contribution >= 0.6 is 0 Å². The maximum absolute atomic E-state index is 5.18. The Bertz CT molecular complexity index is 725. The minimum Gasteiger partial charge on any atom is -0.368 e. The molecule has 3 aromatic rings. The van der Waals surface area contributed by atoms with Gasteiger partial charge in [0.2, 0.25) is 0 Å². The summed E-state index contributed by atoms with van der Waals surface area (Å²) in [7, 11) is 0. The normalized spacial score (nSPS) is 11.2. The van der Waals surface area contributed by atoms with E-state index < -0.39 is 0 Å². The van der Waals surface area contributed by atoms with Gasteiger partial charge >= 0.3 is 0 Å². The van der Waals surface area contributed by atoms with Crippen LogP contribution in [0.2, 0.25) is 0 Å². The van der Waals surface area contributed by atoms with Crippen molar-refractivity contribution in [3.05, 3.63) is 17.8 Å². The van der Waals surface area contributed by atoms with Crippen molar-refractivity contribution in [1.82, 2.24) is 25.1 Å². The Morgan fingerprint density at radius 1 is 1.30 bits per heavy atom. The zero-order chi connectivity index (χ0) is 14.1. The lowest BCUT2D eigenvalue weighted by atomic mass is 10.2. The van der Waals surface area contributed by atoms with Gasteiger partial charge in [0.1, 0.15) is 23.4 Å². The van der Waals surface area contributed by atoms with Crippen LogP contribution in [0.5, 0.6) is 0 Å². The van der Waals surface area contributed by atoms with Crippen LogP contribution in [-0.4, -0.2) is 31.6 Å². The second-order valence-electron chi connectivity index (χ2n) is 4.63. The molecule has 0 bridgehead atoms. The first-order chi connectivity index (χ1) is 9.70. The highest BCUT2D eigenvalue weighted by Gasteiger charge is 2.17. The van der Waals surface area contributed by atoms with Crippen LogP contribution in [0.1, 0.15) is 24.8 Å². The van der Waals surface area contributed by atoms with Crippen molar-refractivity contribution >= 4 is 17.0 Å². The van der Waals surface area contributed by atoms with E-state index in [0.717, 1.165) is 41.3 Å². The molecule has 7 nitrogen and oxygen atoms in total. The van der Waals surface area contributed by atoms with Gasteiger partial charge in [0.25, 0.3) is 0 Å². The van der Waals surface area contributed by atoms with Crippen molar-refractivity contribution in [3.8, 4) is 11.4 Å². The van der Waals surface area contributed by atoms with E-state index in [1.54, 1.807) is 0 Å². The predicted molar refractivity (Wildman–Crippen MR) is 75.4 cm³/mol. The van der Waals surface area contributed by atoms with E-state index in [0.29, 0.717) is 11.5 Å². The Morgan fingerprint density at radius 2 is 2.15 bits per heavy atom. The Kier molecular flexibility index (Phi) is 3.09. The van der Waals surface area contributed by atoms with Gasteiger partial charge in [-0.3, -0.25) is 0 Å². The van der Waals surface area contributed by atoms with Gasteiger partial charge in [-0.15, -0.1) is 0 Å². The van der Waals surface area contributed by atoms with E-state index in [9.17, 15) is 0 Å².